The number of esters is 1. The summed E-state index contributed by atoms with van der Waals surface area (Å²) in [6, 6.07) is 5.34. The predicted molar refractivity (Wildman–Crippen MR) is 103 cm³/mol. The van der Waals surface area contributed by atoms with Crippen LogP contribution in [0.1, 0.15) is 50.5 Å². The van der Waals surface area contributed by atoms with Gasteiger partial charge in [-0.05, 0) is 58.6 Å². The molecule has 0 spiro atoms. The van der Waals surface area contributed by atoms with Gasteiger partial charge < -0.3 is 10.1 Å². The van der Waals surface area contributed by atoms with Crippen molar-refractivity contribution in [2.75, 3.05) is 12.8 Å². The van der Waals surface area contributed by atoms with Gasteiger partial charge in [-0.3, -0.25) is 19.2 Å². The first-order valence-corrected chi connectivity index (χ1v) is 9.87. The van der Waals surface area contributed by atoms with Crippen molar-refractivity contribution in [1.29, 1.82) is 0 Å². The molecule has 1 aromatic rings. The molecule has 27 heavy (non-hydrogen) atoms. The zero-order chi connectivity index (χ0) is 20.6. The molecule has 1 atom stereocenters. The molecule has 0 aliphatic heterocycles. The molecule has 0 fully saturated rings. The van der Waals surface area contributed by atoms with Crippen molar-refractivity contribution in [3.8, 4) is 0 Å². The predicted octanol–water partition coefficient (Wildman–Crippen LogP) is 2.53. The van der Waals surface area contributed by atoms with Crippen molar-refractivity contribution in [2.24, 2.45) is 5.92 Å². The largest absolute Gasteiger partial charge is 0.459 e. The van der Waals surface area contributed by atoms with E-state index in [9.17, 15) is 19.2 Å². The van der Waals surface area contributed by atoms with Crippen molar-refractivity contribution >= 4 is 35.2 Å². The Hall–Kier alpha value is -2.15. The van der Waals surface area contributed by atoms with Gasteiger partial charge in [0.05, 0.1) is 5.41 Å². The molecular weight excluding hydrogens is 366 g/mol. The minimum Gasteiger partial charge on any atom is -0.459 e. The fraction of sp³-hybridized carbons (Fsp3) is 0.500. The maximum absolute atomic E-state index is 12.9. The number of amides is 1. The van der Waals surface area contributed by atoms with Crippen LogP contribution in [0.3, 0.4) is 0 Å². The molecule has 0 radical (unpaired) electrons. The number of benzene rings is 1. The summed E-state index contributed by atoms with van der Waals surface area (Å²) in [5, 5.41) is 2.37. The molecule has 1 unspecified atom stereocenters. The van der Waals surface area contributed by atoms with Gasteiger partial charge in [-0.15, -0.1) is 11.8 Å². The fourth-order valence-corrected chi connectivity index (χ4v) is 3.48. The summed E-state index contributed by atoms with van der Waals surface area (Å²) in [5.74, 6) is -3.88. The van der Waals surface area contributed by atoms with E-state index < -0.39 is 46.9 Å². The summed E-state index contributed by atoms with van der Waals surface area (Å²) < 4.78 is 5.13. The molecule has 6 nitrogen and oxygen atoms in total. The third kappa shape index (κ3) is 4.40. The van der Waals surface area contributed by atoms with Crippen LogP contribution in [0.2, 0.25) is 0 Å². The monoisotopic (exact) mass is 391 g/mol. The standard InChI is InChI=1S/C20H25NO5S/c1-19(2,3)26-14(22)10-21-18(25)15-16(23)12-9-11(27-6)7-8-13(12)20(4,5)17(15)24/h7-9,15H,10H2,1-6H3,(H,21,25). The highest BCUT2D eigenvalue weighted by Gasteiger charge is 2.49. The van der Waals surface area contributed by atoms with Gasteiger partial charge >= 0.3 is 5.97 Å². The number of hydrogen-bond donors (Lipinski definition) is 1. The Bertz CT molecular complexity index is 807. The van der Waals surface area contributed by atoms with Crippen molar-refractivity contribution in [1.82, 2.24) is 5.32 Å². The van der Waals surface area contributed by atoms with Crippen molar-refractivity contribution in [2.45, 2.75) is 50.5 Å². The number of thioether (sulfide) groups is 1. The molecule has 0 saturated heterocycles. The van der Waals surface area contributed by atoms with Gasteiger partial charge in [-0.25, -0.2) is 0 Å². The lowest BCUT2D eigenvalue weighted by molar-refractivity contribution is -0.155. The first-order chi connectivity index (χ1) is 12.4. The topological polar surface area (TPSA) is 89.5 Å². The van der Waals surface area contributed by atoms with Crippen LogP contribution in [-0.2, 0) is 24.5 Å². The molecule has 7 heteroatoms. The molecule has 0 heterocycles. The lowest BCUT2D eigenvalue weighted by Crippen LogP contribution is -2.51. The second-order valence-electron chi connectivity index (χ2n) is 8.00. The summed E-state index contributed by atoms with van der Waals surface area (Å²) in [6.07, 6.45) is 1.89. The van der Waals surface area contributed by atoms with E-state index in [2.05, 4.69) is 5.32 Å². The van der Waals surface area contributed by atoms with E-state index in [-0.39, 0.29) is 0 Å². The van der Waals surface area contributed by atoms with Crippen LogP contribution in [0.15, 0.2) is 23.1 Å². The number of fused-ring (bicyclic) bond motifs is 1. The second kappa shape index (κ2) is 7.46. The van der Waals surface area contributed by atoms with Crippen LogP contribution in [0.4, 0.5) is 0 Å². The van der Waals surface area contributed by atoms with Gasteiger partial charge in [-0.2, -0.15) is 0 Å². The quantitative estimate of drug-likeness (QED) is 0.482. The second-order valence-corrected chi connectivity index (χ2v) is 8.88. The molecule has 0 aromatic heterocycles. The zero-order valence-corrected chi connectivity index (χ0v) is 17.3. The number of Topliss-reactive ketones (excluding diaryl/α,β-unsaturated/α-hetero) is 2. The molecule has 2 rings (SSSR count). The maximum atomic E-state index is 12.9. The number of rotatable bonds is 4. The van der Waals surface area contributed by atoms with Crippen molar-refractivity contribution in [3.63, 3.8) is 0 Å². The SMILES string of the molecule is CSc1ccc2c(c1)C(=O)C(C(=O)NCC(=O)OC(C)(C)C)C(=O)C2(C)C. The highest BCUT2D eigenvalue weighted by molar-refractivity contribution is 7.98. The molecule has 146 valence electrons. The third-order valence-electron chi connectivity index (χ3n) is 4.40. The summed E-state index contributed by atoms with van der Waals surface area (Å²) in [7, 11) is 0. The van der Waals surface area contributed by atoms with E-state index >= 15 is 0 Å². The molecule has 1 N–H and O–H groups in total. The van der Waals surface area contributed by atoms with Crippen LogP contribution in [0, 0.1) is 5.92 Å². The Morgan fingerprint density at radius 1 is 1.22 bits per heavy atom. The smallest absolute Gasteiger partial charge is 0.325 e. The normalized spacial score (nSPS) is 18.7. The van der Waals surface area contributed by atoms with Gasteiger partial charge in [0.15, 0.2) is 17.5 Å². The van der Waals surface area contributed by atoms with E-state index in [1.54, 1.807) is 46.8 Å². The highest BCUT2D eigenvalue weighted by atomic mass is 32.2. The minimum absolute atomic E-state index is 0.379. The van der Waals surface area contributed by atoms with Crippen molar-refractivity contribution < 1.29 is 23.9 Å². The zero-order valence-electron chi connectivity index (χ0n) is 16.5. The first kappa shape index (κ1) is 21.2. The van der Waals surface area contributed by atoms with Crippen LogP contribution < -0.4 is 5.32 Å². The molecular formula is C20H25NO5S. The first-order valence-electron chi connectivity index (χ1n) is 8.65. The van der Waals surface area contributed by atoms with Gasteiger partial charge in [0, 0.05) is 10.5 Å². The van der Waals surface area contributed by atoms with Crippen LogP contribution in [0.5, 0.6) is 0 Å². The average molecular weight is 391 g/mol. The number of hydrogen-bond acceptors (Lipinski definition) is 6. The minimum atomic E-state index is -1.47. The van der Waals surface area contributed by atoms with Crippen molar-refractivity contribution in [3.05, 3.63) is 29.3 Å². The van der Waals surface area contributed by atoms with E-state index in [0.29, 0.717) is 11.1 Å². The van der Waals surface area contributed by atoms with E-state index in [4.69, 9.17) is 4.74 Å². The van der Waals surface area contributed by atoms with Crippen LogP contribution in [-0.4, -0.2) is 41.8 Å². The molecule has 0 bridgehead atoms. The number of ether oxygens (including phenoxy) is 1. The van der Waals surface area contributed by atoms with Gasteiger partial charge in [0.2, 0.25) is 5.91 Å². The maximum Gasteiger partial charge on any atom is 0.325 e. The van der Waals surface area contributed by atoms with Crippen LogP contribution in [0.25, 0.3) is 0 Å². The molecule has 1 aromatic carbocycles. The molecule has 1 aliphatic carbocycles. The summed E-state index contributed by atoms with van der Waals surface area (Å²) >= 11 is 1.47. The Balaban J connectivity index is 2.26. The fourth-order valence-electron chi connectivity index (χ4n) is 3.04. The lowest BCUT2D eigenvalue weighted by Gasteiger charge is -2.34. The molecule has 0 saturated carbocycles. The summed E-state index contributed by atoms with van der Waals surface area (Å²) in [4.78, 5) is 51.0. The van der Waals surface area contributed by atoms with Gasteiger partial charge in [0.25, 0.3) is 0 Å². The van der Waals surface area contributed by atoms with Gasteiger partial charge in [-0.1, -0.05) is 6.07 Å². The Labute approximate surface area is 163 Å². The number of carbonyl (C=O) groups excluding carboxylic acids is 4. The highest BCUT2D eigenvalue weighted by Crippen LogP contribution is 2.38. The lowest BCUT2D eigenvalue weighted by atomic mass is 9.66. The Morgan fingerprint density at radius 3 is 2.41 bits per heavy atom. The molecule has 1 aliphatic rings. The summed E-state index contributed by atoms with van der Waals surface area (Å²) in [6.45, 7) is 8.14. The average Bonchev–Trinajstić information content (AvgIpc) is 2.56. The third-order valence-corrected chi connectivity index (χ3v) is 5.12. The number of nitrogens with one attached hydrogen (secondary N) is 1. The summed E-state index contributed by atoms with van der Waals surface area (Å²) in [5.41, 5.74) is -0.669. The molecule has 1 amide bonds. The van der Waals surface area contributed by atoms with E-state index in [1.165, 1.54) is 11.8 Å². The number of ketones is 2. The van der Waals surface area contributed by atoms with E-state index in [0.717, 1.165) is 4.90 Å². The van der Waals surface area contributed by atoms with Crippen LogP contribution >= 0.6 is 11.8 Å². The number of carbonyl (C=O) groups is 4. The van der Waals surface area contributed by atoms with Gasteiger partial charge in [0.1, 0.15) is 12.1 Å². The Morgan fingerprint density at radius 2 is 1.85 bits per heavy atom. The Kier molecular flexibility index (Phi) is 5.85. The van der Waals surface area contributed by atoms with E-state index in [1.807, 2.05) is 12.3 Å².